The van der Waals surface area contributed by atoms with Crippen LogP contribution >= 0.6 is 0 Å². The van der Waals surface area contributed by atoms with E-state index >= 15 is 0 Å². The van der Waals surface area contributed by atoms with Crippen LogP contribution in [-0.4, -0.2) is 33.0 Å². The minimum Gasteiger partial charge on any atom is -0.467 e. The van der Waals surface area contributed by atoms with Gasteiger partial charge in [-0.3, -0.25) is 14.3 Å². The van der Waals surface area contributed by atoms with Gasteiger partial charge < -0.3 is 14.2 Å². The monoisotopic (exact) mass is 418 g/mol. The predicted octanol–water partition coefficient (Wildman–Crippen LogP) is 3.08. The Morgan fingerprint density at radius 3 is 2.77 bits per heavy atom. The molecule has 0 N–H and O–H groups in total. The molecule has 2 amide bonds. The van der Waals surface area contributed by atoms with Gasteiger partial charge in [-0.05, 0) is 49.1 Å². The topological polar surface area (TPSA) is 71.6 Å². The fourth-order valence-electron chi connectivity index (χ4n) is 4.80. The van der Waals surface area contributed by atoms with Crippen LogP contribution in [0.1, 0.15) is 35.6 Å². The number of aryl methyl sites for hydroxylation is 1. The third-order valence-electron chi connectivity index (χ3n) is 6.32. The van der Waals surface area contributed by atoms with Crippen LogP contribution < -0.4 is 4.90 Å². The molecular weight excluding hydrogens is 392 g/mol. The number of aromatic nitrogens is 2. The van der Waals surface area contributed by atoms with Crippen molar-refractivity contribution in [3.63, 3.8) is 0 Å². The summed E-state index contributed by atoms with van der Waals surface area (Å²) in [5.74, 6) is 0.311. The first-order chi connectivity index (χ1) is 15.1. The lowest BCUT2D eigenvalue weighted by Crippen LogP contribution is -2.37. The average molecular weight is 418 g/mol. The van der Waals surface area contributed by atoms with Crippen LogP contribution in [0.3, 0.4) is 0 Å². The molecule has 0 saturated carbocycles. The first-order valence-electron chi connectivity index (χ1n) is 10.8. The first-order valence-corrected chi connectivity index (χ1v) is 10.8. The highest BCUT2D eigenvalue weighted by Crippen LogP contribution is 2.29. The Kier molecular flexibility index (Phi) is 5.10. The molecule has 1 unspecified atom stereocenters. The van der Waals surface area contributed by atoms with E-state index in [0.717, 1.165) is 36.4 Å². The lowest BCUT2D eigenvalue weighted by Gasteiger charge is -2.24. The van der Waals surface area contributed by atoms with Crippen molar-refractivity contribution in [3.05, 3.63) is 71.4 Å². The molecule has 1 aromatic carbocycles. The van der Waals surface area contributed by atoms with Gasteiger partial charge >= 0.3 is 0 Å². The molecule has 1 saturated heterocycles. The van der Waals surface area contributed by atoms with Crippen LogP contribution in [0.15, 0.2) is 53.1 Å². The number of hydrogen-bond donors (Lipinski definition) is 0. The Morgan fingerprint density at radius 2 is 2.00 bits per heavy atom. The molecule has 3 heterocycles. The van der Waals surface area contributed by atoms with Crippen LogP contribution in [0.4, 0.5) is 5.69 Å². The number of benzene rings is 1. The summed E-state index contributed by atoms with van der Waals surface area (Å²) in [7, 11) is 1.97. The number of rotatable bonds is 6. The Morgan fingerprint density at radius 1 is 1.16 bits per heavy atom. The quantitative estimate of drug-likeness (QED) is 0.617. The van der Waals surface area contributed by atoms with Crippen LogP contribution in [0, 0.1) is 5.92 Å². The molecule has 3 aromatic rings. The van der Waals surface area contributed by atoms with E-state index in [1.54, 1.807) is 16.1 Å². The molecule has 2 aliphatic rings. The number of carbonyl (C=O) groups excluding carboxylic acids is 2. The highest BCUT2D eigenvalue weighted by atomic mass is 16.3. The van der Waals surface area contributed by atoms with E-state index in [0.29, 0.717) is 19.6 Å². The van der Waals surface area contributed by atoms with E-state index in [9.17, 15) is 9.59 Å². The maximum atomic E-state index is 13.6. The molecule has 160 valence electrons. The fourth-order valence-corrected chi connectivity index (χ4v) is 4.80. The van der Waals surface area contributed by atoms with Gasteiger partial charge in [0.25, 0.3) is 0 Å². The molecule has 0 radical (unpaired) electrons. The zero-order valence-electron chi connectivity index (χ0n) is 17.7. The summed E-state index contributed by atoms with van der Waals surface area (Å²) < 4.78 is 7.47. The molecule has 0 spiro atoms. The molecule has 0 bridgehead atoms. The minimum absolute atomic E-state index is 0.0128. The van der Waals surface area contributed by atoms with E-state index in [-0.39, 0.29) is 24.2 Å². The maximum absolute atomic E-state index is 13.6. The van der Waals surface area contributed by atoms with Crippen molar-refractivity contribution in [3.8, 4) is 0 Å². The molecule has 31 heavy (non-hydrogen) atoms. The summed E-state index contributed by atoms with van der Waals surface area (Å²) in [4.78, 5) is 29.8. The zero-order valence-corrected chi connectivity index (χ0v) is 17.7. The normalized spacial score (nSPS) is 17.9. The van der Waals surface area contributed by atoms with Crippen molar-refractivity contribution in [2.75, 3.05) is 11.4 Å². The number of furan rings is 1. The minimum atomic E-state index is -0.376. The Labute approximate surface area is 181 Å². The van der Waals surface area contributed by atoms with E-state index < -0.39 is 0 Å². The van der Waals surface area contributed by atoms with Crippen LogP contribution in [0.25, 0.3) is 0 Å². The molecule has 7 nitrogen and oxygen atoms in total. The largest absolute Gasteiger partial charge is 0.467 e. The number of hydrogen-bond acceptors (Lipinski definition) is 4. The van der Waals surface area contributed by atoms with Gasteiger partial charge in [0.2, 0.25) is 11.8 Å². The standard InChI is InChI=1S/C24H26N4O3/c1-26-22-11-5-10-20(22)21(25-26)16-27(15-19-9-6-12-31-19)24(30)17-13-23(29)28(14-17)18-7-3-2-4-8-18/h2-4,6-9,12,17H,5,10-11,13-16H2,1H3. The predicted molar refractivity (Wildman–Crippen MR) is 115 cm³/mol. The molecule has 1 fully saturated rings. The van der Waals surface area contributed by atoms with E-state index in [1.807, 2.05) is 54.2 Å². The highest BCUT2D eigenvalue weighted by molar-refractivity contribution is 6.00. The van der Waals surface area contributed by atoms with Crippen molar-refractivity contribution in [1.29, 1.82) is 0 Å². The lowest BCUT2D eigenvalue weighted by molar-refractivity contribution is -0.137. The van der Waals surface area contributed by atoms with E-state index in [2.05, 4.69) is 0 Å². The lowest BCUT2D eigenvalue weighted by atomic mass is 10.1. The Bertz CT molecular complexity index is 1090. The Balaban J connectivity index is 1.38. The van der Waals surface area contributed by atoms with Gasteiger partial charge in [-0.2, -0.15) is 5.10 Å². The molecule has 1 aliphatic carbocycles. The van der Waals surface area contributed by atoms with Gasteiger partial charge in [0.05, 0.1) is 31.0 Å². The fraction of sp³-hybridized carbons (Fsp3) is 0.375. The Hall–Kier alpha value is -3.35. The third kappa shape index (κ3) is 3.76. The summed E-state index contributed by atoms with van der Waals surface area (Å²) in [6.07, 6.45) is 5.01. The third-order valence-corrected chi connectivity index (χ3v) is 6.32. The number of para-hydroxylation sites is 1. The second kappa shape index (κ2) is 8.06. The van der Waals surface area contributed by atoms with E-state index in [1.165, 1.54) is 11.3 Å². The van der Waals surface area contributed by atoms with Crippen molar-refractivity contribution < 1.29 is 14.0 Å². The SMILES string of the molecule is Cn1nc(CN(Cc2ccco2)C(=O)C2CC(=O)N(c3ccccc3)C2)c2c1CCC2. The molecule has 1 atom stereocenters. The van der Waals surface area contributed by atoms with Crippen molar-refractivity contribution in [1.82, 2.24) is 14.7 Å². The molecule has 7 heteroatoms. The number of amides is 2. The summed E-state index contributed by atoms with van der Waals surface area (Å²) in [6, 6.07) is 13.2. The van der Waals surface area contributed by atoms with Gasteiger partial charge in [0.15, 0.2) is 0 Å². The van der Waals surface area contributed by atoms with Gasteiger partial charge in [-0.15, -0.1) is 0 Å². The molecule has 2 aromatic heterocycles. The number of nitrogens with zero attached hydrogens (tertiary/aromatic N) is 4. The summed E-state index contributed by atoms with van der Waals surface area (Å²) >= 11 is 0. The summed E-state index contributed by atoms with van der Waals surface area (Å²) in [6.45, 7) is 1.20. The molecule has 1 aliphatic heterocycles. The van der Waals surface area contributed by atoms with Crippen LogP contribution in [0.2, 0.25) is 0 Å². The zero-order chi connectivity index (χ0) is 21.4. The van der Waals surface area contributed by atoms with E-state index in [4.69, 9.17) is 9.52 Å². The van der Waals surface area contributed by atoms with Crippen molar-refractivity contribution in [2.24, 2.45) is 13.0 Å². The first kappa shape index (κ1) is 19.6. The summed E-state index contributed by atoms with van der Waals surface area (Å²) in [5.41, 5.74) is 4.34. The van der Waals surface area contributed by atoms with Gasteiger partial charge in [-0.25, -0.2) is 0 Å². The number of carbonyl (C=O) groups is 2. The van der Waals surface area contributed by atoms with Gasteiger partial charge in [0.1, 0.15) is 5.76 Å². The van der Waals surface area contributed by atoms with Crippen molar-refractivity contribution in [2.45, 2.75) is 38.8 Å². The average Bonchev–Trinajstić information content (AvgIpc) is 3.56. The smallest absolute Gasteiger partial charge is 0.228 e. The summed E-state index contributed by atoms with van der Waals surface area (Å²) in [5, 5.41) is 4.70. The second-order valence-electron chi connectivity index (χ2n) is 8.36. The van der Waals surface area contributed by atoms with Gasteiger partial charge in [-0.1, -0.05) is 18.2 Å². The van der Waals surface area contributed by atoms with Crippen LogP contribution in [-0.2, 0) is 42.6 Å². The van der Waals surface area contributed by atoms with Crippen molar-refractivity contribution >= 4 is 17.5 Å². The number of anilines is 1. The van der Waals surface area contributed by atoms with Gasteiger partial charge in [0, 0.05) is 31.4 Å². The molecule has 5 rings (SSSR count). The molecular formula is C24H26N4O3. The highest BCUT2D eigenvalue weighted by Gasteiger charge is 2.38. The maximum Gasteiger partial charge on any atom is 0.228 e. The van der Waals surface area contributed by atoms with Crippen LogP contribution in [0.5, 0.6) is 0 Å². The number of fused-ring (bicyclic) bond motifs is 1. The second-order valence-corrected chi connectivity index (χ2v) is 8.36.